The summed E-state index contributed by atoms with van der Waals surface area (Å²) in [5, 5.41) is 3.42. The smallest absolute Gasteiger partial charge is 0.0965 e. The molecule has 1 unspecified atom stereocenters. The molecule has 2 aromatic carbocycles. The van der Waals surface area contributed by atoms with Crippen LogP contribution in [0.3, 0.4) is 0 Å². The predicted octanol–water partition coefficient (Wildman–Crippen LogP) is 5.35. The Morgan fingerprint density at radius 1 is 0.926 bits per heavy atom. The quantitative estimate of drug-likeness (QED) is 0.405. The van der Waals surface area contributed by atoms with Crippen molar-refractivity contribution in [3.05, 3.63) is 59.7 Å². The van der Waals surface area contributed by atoms with Crippen LogP contribution in [0.25, 0.3) is 11.1 Å². The second kappa shape index (κ2) is 10.6. The number of rotatable bonds is 12. The molecule has 0 saturated heterocycles. The molecule has 0 radical (unpaired) electrons. The average Bonchev–Trinajstić information content (AvgIpc) is 3.02. The van der Waals surface area contributed by atoms with Crippen LogP contribution < -0.4 is 5.32 Å². The van der Waals surface area contributed by atoms with Crippen molar-refractivity contribution in [1.82, 2.24) is 5.32 Å². The van der Waals surface area contributed by atoms with Crippen LogP contribution in [0.4, 0.5) is 0 Å². The molecular weight excluding hydrogens is 334 g/mol. The first-order chi connectivity index (χ1) is 13.3. The zero-order valence-electron chi connectivity index (χ0n) is 16.7. The molecule has 1 atom stereocenters. The molecule has 1 aliphatic rings. The van der Waals surface area contributed by atoms with E-state index in [1.807, 2.05) is 0 Å². The van der Waals surface area contributed by atoms with E-state index in [9.17, 15) is 0 Å². The van der Waals surface area contributed by atoms with Gasteiger partial charge in [-0.25, -0.2) is 0 Å². The summed E-state index contributed by atoms with van der Waals surface area (Å²) in [7, 11) is 0. The zero-order valence-corrected chi connectivity index (χ0v) is 16.7. The second-order valence-corrected chi connectivity index (χ2v) is 7.25. The molecule has 0 aromatic heterocycles. The van der Waals surface area contributed by atoms with Gasteiger partial charge in [0.15, 0.2) is 0 Å². The molecule has 1 N–H and O–H groups in total. The number of fused-ring (bicyclic) bond motifs is 3. The molecule has 0 aliphatic heterocycles. The van der Waals surface area contributed by atoms with Crippen LogP contribution in [0.5, 0.6) is 0 Å². The van der Waals surface area contributed by atoms with Crippen molar-refractivity contribution in [2.24, 2.45) is 0 Å². The normalized spacial score (nSPS) is 14.1. The van der Waals surface area contributed by atoms with Gasteiger partial charge in [-0.2, -0.15) is 0 Å². The highest BCUT2D eigenvalue weighted by atomic mass is 16.5. The molecule has 0 amide bonds. The van der Waals surface area contributed by atoms with Crippen LogP contribution in [0.15, 0.2) is 48.5 Å². The van der Waals surface area contributed by atoms with E-state index < -0.39 is 0 Å². The van der Waals surface area contributed by atoms with Crippen molar-refractivity contribution < 1.29 is 9.47 Å². The molecule has 0 fully saturated rings. The number of hydrogen-bond donors (Lipinski definition) is 1. The maximum atomic E-state index is 5.99. The summed E-state index contributed by atoms with van der Waals surface area (Å²) in [6.07, 6.45) is 5.01. The molecule has 0 saturated carbocycles. The molecule has 0 heterocycles. The van der Waals surface area contributed by atoms with Gasteiger partial charge in [-0.1, -0.05) is 61.9 Å². The number of ether oxygens (including phenoxy) is 2. The van der Waals surface area contributed by atoms with Crippen molar-refractivity contribution >= 4 is 0 Å². The van der Waals surface area contributed by atoms with Crippen molar-refractivity contribution in [3.8, 4) is 11.1 Å². The van der Waals surface area contributed by atoms with Gasteiger partial charge in [0.2, 0.25) is 0 Å². The van der Waals surface area contributed by atoms with Gasteiger partial charge in [-0.05, 0) is 55.0 Å². The lowest BCUT2D eigenvalue weighted by Gasteiger charge is -2.17. The van der Waals surface area contributed by atoms with E-state index in [0.29, 0.717) is 18.8 Å². The highest BCUT2D eigenvalue weighted by Crippen LogP contribution is 2.44. The van der Waals surface area contributed by atoms with Crippen molar-refractivity contribution in [2.75, 3.05) is 26.5 Å². The first kappa shape index (κ1) is 20.1. The van der Waals surface area contributed by atoms with Gasteiger partial charge in [0.05, 0.1) is 19.4 Å². The average molecular weight is 368 g/mol. The van der Waals surface area contributed by atoms with E-state index in [1.165, 1.54) is 28.7 Å². The van der Waals surface area contributed by atoms with Gasteiger partial charge in [0.1, 0.15) is 0 Å². The number of benzene rings is 2. The molecule has 2 aromatic rings. The summed E-state index contributed by atoms with van der Waals surface area (Å²) >= 11 is 0. The molecular formula is C24H33NO2. The molecule has 3 rings (SSSR count). The van der Waals surface area contributed by atoms with Crippen LogP contribution in [0, 0.1) is 0 Å². The lowest BCUT2D eigenvalue weighted by molar-refractivity contribution is 0.0477. The predicted molar refractivity (Wildman–Crippen MR) is 112 cm³/mol. The van der Waals surface area contributed by atoms with E-state index in [-0.39, 0.29) is 0 Å². The van der Waals surface area contributed by atoms with Crippen LogP contribution in [-0.2, 0) is 9.47 Å². The Morgan fingerprint density at radius 3 is 2.22 bits per heavy atom. The summed E-state index contributed by atoms with van der Waals surface area (Å²) in [4.78, 5) is 0. The summed E-state index contributed by atoms with van der Waals surface area (Å²) < 4.78 is 11.8. The van der Waals surface area contributed by atoms with Crippen LogP contribution in [0.1, 0.15) is 56.6 Å². The minimum atomic E-state index is 0.339. The van der Waals surface area contributed by atoms with Crippen LogP contribution in [0.2, 0.25) is 0 Å². The third-order valence-electron chi connectivity index (χ3n) is 5.34. The maximum Gasteiger partial charge on any atom is 0.0965 e. The Morgan fingerprint density at radius 2 is 1.59 bits per heavy atom. The molecule has 3 nitrogen and oxygen atoms in total. The molecule has 146 valence electrons. The summed E-state index contributed by atoms with van der Waals surface area (Å²) in [5.74, 6) is 0.339. The van der Waals surface area contributed by atoms with Crippen molar-refractivity contribution in [3.63, 3.8) is 0 Å². The van der Waals surface area contributed by atoms with E-state index in [4.69, 9.17) is 9.47 Å². The van der Waals surface area contributed by atoms with Crippen LogP contribution in [-0.4, -0.2) is 32.6 Å². The lowest BCUT2D eigenvalue weighted by atomic mass is 9.98. The maximum absolute atomic E-state index is 5.99. The minimum absolute atomic E-state index is 0.339. The van der Waals surface area contributed by atoms with Gasteiger partial charge in [0, 0.05) is 12.5 Å². The second-order valence-electron chi connectivity index (χ2n) is 7.25. The van der Waals surface area contributed by atoms with Crippen LogP contribution >= 0.6 is 0 Å². The van der Waals surface area contributed by atoms with Gasteiger partial charge >= 0.3 is 0 Å². The molecule has 3 heteroatoms. The van der Waals surface area contributed by atoms with E-state index >= 15 is 0 Å². The Hall–Kier alpha value is -1.68. The van der Waals surface area contributed by atoms with E-state index in [2.05, 4.69) is 67.7 Å². The molecule has 0 spiro atoms. The third-order valence-corrected chi connectivity index (χ3v) is 5.34. The number of hydrogen-bond acceptors (Lipinski definition) is 3. The highest BCUT2D eigenvalue weighted by molar-refractivity contribution is 5.78. The minimum Gasteiger partial charge on any atom is -0.379 e. The first-order valence-corrected chi connectivity index (χ1v) is 10.4. The largest absolute Gasteiger partial charge is 0.379 e. The van der Waals surface area contributed by atoms with Gasteiger partial charge in [0.25, 0.3) is 0 Å². The fourth-order valence-corrected chi connectivity index (χ4v) is 4.08. The fourth-order valence-electron chi connectivity index (χ4n) is 4.08. The van der Waals surface area contributed by atoms with E-state index in [1.54, 1.807) is 0 Å². The Balaban J connectivity index is 1.41. The van der Waals surface area contributed by atoms with Crippen molar-refractivity contribution in [1.29, 1.82) is 0 Å². The molecule has 0 bridgehead atoms. The summed E-state index contributed by atoms with van der Waals surface area (Å²) in [5.41, 5.74) is 5.48. The Labute approximate surface area is 164 Å². The lowest BCUT2D eigenvalue weighted by Crippen LogP contribution is -2.23. The third kappa shape index (κ3) is 5.19. The van der Waals surface area contributed by atoms with Gasteiger partial charge < -0.3 is 9.47 Å². The van der Waals surface area contributed by atoms with Gasteiger partial charge in [-0.15, -0.1) is 0 Å². The van der Waals surface area contributed by atoms with Gasteiger partial charge in [-0.3, -0.25) is 5.32 Å². The molecule has 27 heavy (non-hydrogen) atoms. The monoisotopic (exact) mass is 367 g/mol. The summed E-state index contributed by atoms with van der Waals surface area (Å²) in [6.45, 7) is 7.41. The number of nitrogens with one attached hydrogen (secondary N) is 1. The Bertz CT molecular complexity index is 649. The Kier molecular flexibility index (Phi) is 7.88. The van der Waals surface area contributed by atoms with Crippen molar-refractivity contribution in [2.45, 2.75) is 51.6 Å². The first-order valence-electron chi connectivity index (χ1n) is 10.4. The standard InChI is InChI=1S/C24H33NO2/c1-3-10-19(27-4-2)11-9-16-25-18-26-17-24-22-14-7-5-12-20(22)21-13-6-8-15-23(21)24/h5-8,12-15,19,24-25H,3-4,9-11,16-18H2,1-2H3. The zero-order chi connectivity index (χ0) is 18.9. The molecule has 1 aliphatic carbocycles. The topological polar surface area (TPSA) is 30.5 Å². The van der Waals surface area contributed by atoms with E-state index in [0.717, 1.165) is 39.0 Å². The highest BCUT2D eigenvalue weighted by Gasteiger charge is 2.27. The SMILES string of the molecule is CCCC(CCCNCOCC1c2ccccc2-c2ccccc21)OCC. The fraction of sp³-hybridized carbons (Fsp3) is 0.500. The summed E-state index contributed by atoms with van der Waals surface area (Å²) in [6, 6.07) is 17.4.